The summed E-state index contributed by atoms with van der Waals surface area (Å²) in [5.41, 5.74) is 2.11. The highest BCUT2D eigenvalue weighted by atomic mass is 32.1. The molecular formula is C11H12N4S. The standard InChI is InChI=1S/C11H12N4S/c1-3-8-7(2)14-10(15-11(8)16)9-12-5-4-6-13-9/h4-6H,3H2,1-2H3,(H,14,15,16). The number of aromatic nitrogens is 4. The van der Waals surface area contributed by atoms with E-state index in [-0.39, 0.29) is 0 Å². The fourth-order valence-electron chi connectivity index (χ4n) is 1.55. The van der Waals surface area contributed by atoms with Crippen LogP contribution in [-0.4, -0.2) is 19.9 Å². The van der Waals surface area contributed by atoms with Crippen LogP contribution in [0.15, 0.2) is 18.5 Å². The third kappa shape index (κ3) is 1.99. The monoisotopic (exact) mass is 232 g/mol. The predicted molar refractivity (Wildman–Crippen MR) is 64.6 cm³/mol. The maximum absolute atomic E-state index is 5.24. The molecule has 2 aromatic rings. The van der Waals surface area contributed by atoms with E-state index in [1.54, 1.807) is 18.5 Å². The van der Waals surface area contributed by atoms with Gasteiger partial charge in [0.2, 0.25) is 0 Å². The van der Waals surface area contributed by atoms with E-state index in [0.29, 0.717) is 16.3 Å². The zero-order valence-electron chi connectivity index (χ0n) is 9.19. The third-order valence-electron chi connectivity index (χ3n) is 2.36. The molecule has 1 N–H and O–H groups in total. The van der Waals surface area contributed by atoms with Crippen LogP contribution in [0.2, 0.25) is 0 Å². The highest BCUT2D eigenvalue weighted by molar-refractivity contribution is 7.71. The van der Waals surface area contributed by atoms with Gasteiger partial charge in [-0.2, -0.15) is 0 Å². The first-order chi connectivity index (χ1) is 7.72. The zero-order chi connectivity index (χ0) is 11.5. The van der Waals surface area contributed by atoms with Gasteiger partial charge in [-0.25, -0.2) is 15.0 Å². The summed E-state index contributed by atoms with van der Waals surface area (Å²) in [6.45, 7) is 4.05. The normalized spacial score (nSPS) is 10.4. The maximum Gasteiger partial charge on any atom is 0.195 e. The Bertz CT molecular complexity index is 548. The summed E-state index contributed by atoms with van der Waals surface area (Å²) < 4.78 is 0.626. The summed E-state index contributed by atoms with van der Waals surface area (Å²) in [4.78, 5) is 15.8. The topological polar surface area (TPSA) is 54.5 Å². The van der Waals surface area contributed by atoms with Gasteiger partial charge in [0, 0.05) is 23.7 Å². The van der Waals surface area contributed by atoms with Crippen LogP contribution >= 0.6 is 12.2 Å². The Morgan fingerprint density at radius 3 is 2.56 bits per heavy atom. The molecule has 0 saturated heterocycles. The van der Waals surface area contributed by atoms with Crippen molar-refractivity contribution < 1.29 is 0 Å². The molecule has 0 aromatic carbocycles. The molecule has 0 atom stereocenters. The fourth-order valence-corrected chi connectivity index (χ4v) is 1.94. The molecule has 0 aliphatic carbocycles. The van der Waals surface area contributed by atoms with E-state index in [4.69, 9.17) is 12.2 Å². The summed E-state index contributed by atoms with van der Waals surface area (Å²) in [5.74, 6) is 1.19. The van der Waals surface area contributed by atoms with Crippen LogP contribution in [0.4, 0.5) is 0 Å². The van der Waals surface area contributed by atoms with Crippen LogP contribution in [0.25, 0.3) is 11.6 Å². The van der Waals surface area contributed by atoms with Crippen LogP contribution in [0, 0.1) is 11.6 Å². The molecule has 0 radical (unpaired) electrons. The first kappa shape index (κ1) is 10.9. The van der Waals surface area contributed by atoms with Crippen LogP contribution in [0.5, 0.6) is 0 Å². The lowest BCUT2D eigenvalue weighted by Crippen LogP contribution is -2.01. The van der Waals surface area contributed by atoms with Crippen molar-refractivity contribution in [1.29, 1.82) is 0 Å². The lowest BCUT2D eigenvalue weighted by atomic mass is 10.2. The van der Waals surface area contributed by atoms with Crippen molar-refractivity contribution in [1.82, 2.24) is 19.9 Å². The minimum Gasteiger partial charge on any atom is -0.340 e. The molecule has 0 saturated carbocycles. The molecule has 0 bridgehead atoms. The van der Waals surface area contributed by atoms with Gasteiger partial charge in [0.15, 0.2) is 11.6 Å². The van der Waals surface area contributed by atoms with Gasteiger partial charge in [-0.15, -0.1) is 0 Å². The highest BCUT2D eigenvalue weighted by Crippen LogP contribution is 2.13. The Morgan fingerprint density at radius 1 is 1.31 bits per heavy atom. The molecule has 0 spiro atoms. The Morgan fingerprint density at radius 2 is 2.00 bits per heavy atom. The lowest BCUT2D eigenvalue weighted by Gasteiger charge is -2.05. The van der Waals surface area contributed by atoms with E-state index in [1.807, 2.05) is 6.92 Å². The molecule has 2 rings (SSSR count). The van der Waals surface area contributed by atoms with Crippen LogP contribution in [0.1, 0.15) is 18.2 Å². The molecule has 0 aliphatic rings. The SMILES string of the molecule is CCc1c(C)[nH]c(-c2ncccn2)nc1=S. The van der Waals surface area contributed by atoms with Gasteiger partial charge in [-0.3, -0.25) is 0 Å². The van der Waals surface area contributed by atoms with E-state index in [0.717, 1.165) is 17.7 Å². The summed E-state index contributed by atoms with van der Waals surface area (Å²) >= 11 is 5.24. The van der Waals surface area contributed by atoms with Crippen molar-refractivity contribution in [3.05, 3.63) is 34.4 Å². The number of hydrogen-bond donors (Lipinski definition) is 1. The van der Waals surface area contributed by atoms with Gasteiger partial charge < -0.3 is 4.98 Å². The Hall–Kier alpha value is -1.62. The van der Waals surface area contributed by atoms with Gasteiger partial charge in [0.25, 0.3) is 0 Å². The van der Waals surface area contributed by atoms with Gasteiger partial charge in [-0.05, 0) is 19.4 Å². The molecule has 0 fully saturated rings. The molecule has 82 valence electrons. The molecular weight excluding hydrogens is 220 g/mol. The van der Waals surface area contributed by atoms with Crippen molar-refractivity contribution in [2.75, 3.05) is 0 Å². The maximum atomic E-state index is 5.24. The number of nitrogens with zero attached hydrogens (tertiary/aromatic N) is 3. The number of aromatic amines is 1. The van der Waals surface area contributed by atoms with Crippen molar-refractivity contribution in [2.24, 2.45) is 0 Å². The minimum atomic E-state index is 0.569. The second-order valence-corrected chi connectivity index (χ2v) is 3.81. The molecule has 16 heavy (non-hydrogen) atoms. The largest absolute Gasteiger partial charge is 0.340 e. The summed E-state index contributed by atoms with van der Waals surface area (Å²) in [6, 6.07) is 1.77. The minimum absolute atomic E-state index is 0.569. The fraction of sp³-hybridized carbons (Fsp3) is 0.273. The van der Waals surface area contributed by atoms with E-state index in [2.05, 4.69) is 26.9 Å². The van der Waals surface area contributed by atoms with Crippen LogP contribution in [-0.2, 0) is 6.42 Å². The van der Waals surface area contributed by atoms with Gasteiger partial charge >= 0.3 is 0 Å². The van der Waals surface area contributed by atoms with E-state index < -0.39 is 0 Å². The molecule has 4 nitrogen and oxygen atoms in total. The molecule has 2 heterocycles. The predicted octanol–water partition coefficient (Wildman–Crippen LogP) is 2.47. The molecule has 5 heteroatoms. The molecule has 0 unspecified atom stereocenters. The van der Waals surface area contributed by atoms with Crippen molar-refractivity contribution in [3.8, 4) is 11.6 Å². The molecule has 0 amide bonds. The summed E-state index contributed by atoms with van der Waals surface area (Å²) in [7, 11) is 0. The van der Waals surface area contributed by atoms with E-state index in [9.17, 15) is 0 Å². The summed E-state index contributed by atoms with van der Waals surface area (Å²) in [6.07, 6.45) is 4.25. The molecule has 0 aliphatic heterocycles. The Labute approximate surface area is 98.8 Å². The first-order valence-corrected chi connectivity index (χ1v) is 5.50. The van der Waals surface area contributed by atoms with Gasteiger partial charge in [0.1, 0.15) is 4.64 Å². The van der Waals surface area contributed by atoms with E-state index >= 15 is 0 Å². The van der Waals surface area contributed by atoms with E-state index in [1.165, 1.54) is 0 Å². The summed E-state index contributed by atoms with van der Waals surface area (Å²) in [5, 5.41) is 0. The second kappa shape index (κ2) is 4.49. The van der Waals surface area contributed by atoms with Crippen LogP contribution in [0.3, 0.4) is 0 Å². The Balaban J connectivity index is 2.57. The number of H-pyrrole nitrogens is 1. The first-order valence-electron chi connectivity index (χ1n) is 5.09. The second-order valence-electron chi connectivity index (χ2n) is 3.42. The number of rotatable bonds is 2. The van der Waals surface area contributed by atoms with Crippen molar-refractivity contribution >= 4 is 12.2 Å². The quantitative estimate of drug-likeness (QED) is 0.808. The average Bonchev–Trinajstić information content (AvgIpc) is 2.30. The van der Waals surface area contributed by atoms with Crippen molar-refractivity contribution in [3.63, 3.8) is 0 Å². The molecule has 2 aromatic heterocycles. The van der Waals surface area contributed by atoms with Gasteiger partial charge in [-0.1, -0.05) is 19.1 Å². The highest BCUT2D eigenvalue weighted by Gasteiger charge is 2.06. The number of aryl methyl sites for hydroxylation is 1. The average molecular weight is 232 g/mol. The number of nitrogens with one attached hydrogen (secondary N) is 1. The number of hydrogen-bond acceptors (Lipinski definition) is 4. The van der Waals surface area contributed by atoms with Crippen molar-refractivity contribution in [2.45, 2.75) is 20.3 Å². The lowest BCUT2D eigenvalue weighted by molar-refractivity contribution is 0.970. The smallest absolute Gasteiger partial charge is 0.195 e. The third-order valence-corrected chi connectivity index (χ3v) is 2.70. The Kier molecular flexibility index (Phi) is 3.05. The zero-order valence-corrected chi connectivity index (χ0v) is 10.0. The van der Waals surface area contributed by atoms with Gasteiger partial charge in [0.05, 0.1) is 0 Å². The van der Waals surface area contributed by atoms with Crippen LogP contribution < -0.4 is 0 Å².